The quantitative estimate of drug-likeness (QED) is 0.652. The summed E-state index contributed by atoms with van der Waals surface area (Å²) in [5.41, 5.74) is 0. The summed E-state index contributed by atoms with van der Waals surface area (Å²) in [4.78, 5) is 2.59. The van der Waals surface area contributed by atoms with Crippen molar-refractivity contribution < 1.29 is 0 Å². The van der Waals surface area contributed by atoms with Crippen molar-refractivity contribution in [1.29, 1.82) is 0 Å². The topological polar surface area (TPSA) is 15.3 Å². The van der Waals surface area contributed by atoms with Crippen LogP contribution in [0, 0.1) is 5.92 Å². The molecule has 15 heavy (non-hydrogen) atoms. The highest BCUT2D eigenvalue weighted by molar-refractivity contribution is 4.67. The molecule has 0 spiro atoms. The zero-order chi connectivity index (χ0) is 11.1. The molecule has 1 fully saturated rings. The highest BCUT2D eigenvalue weighted by Crippen LogP contribution is 2.07. The van der Waals surface area contributed by atoms with Crippen molar-refractivity contribution in [2.24, 2.45) is 5.92 Å². The highest BCUT2D eigenvalue weighted by atomic mass is 15.1. The first-order chi connectivity index (χ1) is 7.18. The molecule has 1 aliphatic heterocycles. The second-order valence-electron chi connectivity index (χ2n) is 5.39. The summed E-state index contributed by atoms with van der Waals surface area (Å²) in [6.45, 7) is 12.0. The van der Waals surface area contributed by atoms with Gasteiger partial charge in [0.25, 0.3) is 0 Å². The molecule has 1 N–H and O–H groups in total. The number of rotatable bonds is 7. The van der Waals surface area contributed by atoms with Crippen LogP contribution in [0.1, 0.15) is 46.5 Å². The lowest BCUT2D eigenvalue weighted by Crippen LogP contribution is -2.31. The average Bonchev–Trinajstić information content (AvgIpc) is 2.63. The van der Waals surface area contributed by atoms with Crippen LogP contribution in [-0.4, -0.2) is 37.1 Å². The van der Waals surface area contributed by atoms with Gasteiger partial charge in [0, 0.05) is 6.04 Å². The lowest BCUT2D eigenvalue weighted by atomic mass is 10.1. The van der Waals surface area contributed by atoms with Gasteiger partial charge in [-0.25, -0.2) is 0 Å². The third-order valence-electron chi connectivity index (χ3n) is 3.17. The molecule has 0 aromatic carbocycles. The molecule has 0 amide bonds. The Balaban J connectivity index is 1.91. The maximum absolute atomic E-state index is 3.61. The van der Waals surface area contributed by atoms with Crippen molar-refractivity contribution in [3.8, 4) is 0 Å². The summed E-state index contributed by atoms with van der Waals surface area (Å²) in [7, 11) is 0. The van der Waals surface area contributed by atoms with Crippen molar-refractivity contribution in [3.05, 3.63) is 0 Å². The Kier molecular flexibility index (Phi) is 6.26. The fourth-order valence-electron chi connectivity index (χ4n) is 2.45. The molecule has 1 heterocycles. The predicted molar refractivity (Wildman–Crippen MR) is 67.2 cm³/mol. The van der Waals surface area contributed by atoms with E-state index >= 15 is 0 Å². The van der Waals surface area contributed by atoms with E-state index in [2.05, 4.69) is 31.0 Å². The van der Waals surface area contributed by atoms with Gasteiger partial charge >= 0.3 is 0 Å². The molecule has 0 aromatic heterocycles. The van der Waals surface area contributed by atoms with Gasteiger partial charge in [-0.2, -0.15) is 0 Å². The number of likely N-dealkylation sites (tertiary alicyclic amines) is 1. The molecule has 0 aromatic rings. The first-order valence-electron chi connectivity index (χ1n) is 6.64. The Morgan fingerprint density at radius 2 is 1.80 bits per heavy atom. The number of nitrogens with one attached hydrogen (secondary N) is 1. The fraction of sp³-hybridized carbons (Fsp3) is 1.00. The third kappa shape index (κ3) is 6.16. The third-order valence-corrected chi connectivity index (χ3v) is 3.17. The SMILES string of the molecule is CC(C)CC(C)NCCCN1CCCC1. The normalized spacial score (nSPS) is 20.0. The van der Waals surface area contributed by atoms with Crippen LogP contribution in [0.3, 0.4) is 0 Å². The van der Waals surface area contributed by atoms with Crippen LogP contribution in [0.15, 0.2) is 0 Å². The van der Waals surface area contributed by atoms with E-state index in [0.29, 0.717) is 6.04 Å². The minimum atomic E-state index is 0.684. The number of hydrogen-bond donors (Lipinski definition) is 1. The van der Waals surface area contributed by atoms with Crippen LogP contribution in [0.25, 0.3) is 0 Å². The van der Waals surface area contributed by atoms with Gasteiger partial charge < -0.3 is 10.2 Å². The first kappa shape index (κ1) is 13.0. The Morgan fingerprint density at radius 1 is 1.13 bits per heavy atom. The van der Waals surface area contributed by atoms with E-state index in [-0.39, 0.29) is 0 Å². The Labute approximate surface area is 95.4 Å². The Bertz CT molecular complexity index is 151. The standard InChI is InChI=1S/C13H28N2/c1-12(2)11-13(3)14-7-6-10-15-8-4-5-9-15/h12-14H,4-11H2,1-3H3. The van der Waals surface area contributed by atoms with Gasteiger partial charge in [-0.1, -0.05) is 13.8 Å². The Hall–Kier alpha value is -0.0800. The molecular formula is C13H28N2. The van der Waals surface area contributed by atoms with E-state index in [9.17, 15) is 0 Å². The average molecular weight is 212 g/mol. The van der Waals surface area contributed by atoms with Gasteiger partial charge in [0.05, 0.1) is 0 Å². The summed E-state index contributed by atoms with van der Waals surface area (Å²) in [5.74, 6) is 0.811. The van der Waals surface area contributed by atoms with Gasteiger partial charge in [-0.15, -0.1) is 0 Å². The van der Waals surface area contributed by atoms with E-state index in [1.165, 1.54) is 51.9 Å². The van der Waals surface area contributed by atoms with Crippen LogP contribution in [-0.2, 0) is 0 Å². The van der Waals surface area contributed by atoms with E-state index in [1.54, 1.807) is 0 Å². The first-order valence-corrected chi connectivity index (χ1v) is 6.64. The molecule has 1 saturated heterocycles. The molecule has 1 aliphatic rings. The zero-order valence-electron chi connectivity index (χ0n) is 10.8. The molecule has 2 heteroatoms. The second-order valence-corrected chi connectivity index (χ2v) is 5.39. The molecule has 1 atom stereocenters. The molecule has 90 valence electrons. The summed E-state index contributed by atoms with van der Waals surface area (Å²) >= 11 is 0. The summed E-state index contributed by atoms with van der Waals surface area (Å²) in [5, 5.41) is 3.61. The zero-order valence-corrected chi connectivity index (χ0v) is 10.8. The van der Waals surface area contributed by atoms with Gasteiger partial charge in [0.1, 0.15) is 0 Å². The minimum Gasteiger partial charge on any atom is -0.314 e. The summed E-state index contributed by atoms with van der Waals surface area (Å²) in [6, 6.07) is 0.684. The van der Waals surface area contributed by atoms with E-state index in [0.717, 1.165) is 5.92 Å². The molecule has 0 saturated carbocycles. The van der Waals surface area contributed by atoms with Crippen LogP contribution >= 0.6 is 0 Å². The van der Waals surface area contributed by atoms with Gasteiger partial charge in [0.2, 0.25) is 0 Å². The van der Waals surface area contributed by atoms with Crippen LogP contribution in [0.5, 0.6) is 0 Å². The number of hydrogen-bond acceptors (Lipinski definition) is 2. The maximum atomic E-state index is 3.61. The van der Waals surface area contributed by atoms with Crippen LogP contribution < -0.4 is 5.32 Å². The second kappa shape index (κ2) is 7.24. The van der Waals surface area contributed by atoms with Crippen molar-refractivity contribution in [1.82, 2.24) is 10.2 Å². The van der Waals surface area contributed by atoms with Crippen molar-refractivity contribution in [2.75, 3.05) is 26.2 Å². The Morgan fingerprint density at radius 3 is 2.40 bits per heavy atom. The summed E-state index contributed by atoms with van der Waals surface area (Å²) in [6.07, 6.45) is 5.43. The maximum Gasteiger partial charge on any atom is 0.00411 e. The molecular weight excluding hydrogens is 184 g/mol. The van der Waals surface area contributed by atoms with Crippen LogP contribution in [0.2, 0.25) is 0 Å². The van der Waals surface area contributed by atoms with Crippen molar-refractivity contribution in [3.63, 3.8) is 0 Å². The highest BCUT2D eigenvalue weighted by Gasteiger charge is 2.10. The molecule has 0 radical (unpaired) electrons. The molecule has 1 unspecified atom stereocenters. The van der Waals surface area contributed by atoms with Gasteiger partial charge in [-0.05, 0) is 64.7 Å². The van der Waals surface area contributed by atoms with E-state index in [1.807, 2.05) is 0 Å². The van der Waals surface area contributed by atoms with Gasteiger partial charge in [-0.3, -0.25) is 0 Å². The lowest BCUT2D eigenvalue weighted by molar-refractivity contribution is 0.325. The van der Waals surface area contributed by atoms with Crippen LogP contribution in [0.4, 0.5) is 0 Å². The van der Waals surface area contributed by atoms with E-state index in [4.69, 9.17) is 0 Å². The number of nitrogens with zero attached hydrogens (tertiary/aromatic N) is 1. The largest absolute Gasteiger partial charge is 0.314 e. The monoisotopic (exact) mass is 212 g/mol. The fourth-order valence-corrected chi connectivity index (χ4v) is 2.45. The smallest absolute Gasteiger partial charge is 0.00411 e. The van der Waals surface area contributed by atoms with Gasteiger partial charge in [0.15, 0.2) is 0 Å². The summed E-state index contributed by atoms with van der Waals surface area (Å²) < 4.78 is 0. The molecule has 0 bridgehead atoms. The van der Waals surface area contributed by atoms with E-state index < -0.39 is 0 Å². The minimum absolute atomic E-state index is 0.684. The molecule has 0 aliphatic carbocycles. The predicted octanol–water partition coefficient (Wildman–Crippen LogP) is 2.50. The molecule has 2 nitrogen and oxygen atoms in total. The van der Waals surface area contributed by atoms with Crippen molar-refractivity contribution in [2.45, 2.75) is 52.5 Å². The lowest BCUT2D eigenvalue weighted by Gasteiger charge is -2.18. The molecule has 1 rings (SSSR count). The van der Waals surface area contributed by atoms with Crippen molar-refractivity contribution >= 4 is 0 Å².